The number of aromatic nitrogens is 3. The van der Waals surface area contributed by atoms with E-state index in [1.165, 1.54) is 6.33 Å². The van der Waals surface area contributed by atoms with E-state index in [2.05, 4.69) is 36.2 Å². The topological polar surface area (TPSA) is 70.7 Å². The minimum atomic E-state index is -0.224. The van der Waals surface area contributed by atoms with E-state index in [4.69, 9.17) is 0 Å². The average Bonchev–Trinajstić information content (AvgIpc) is 2.25. The highest BCUT2D eigenvalue weighted by atomic mass is 79.9. The Morgan fingerprint density at radius 3 is 3.00 bits per heavy atom. The standard InChI is InChI=1S/C10H9BrN4O/c1-6-2-7(4-12-3-6)15-9-8(11)10(16)14-5-13-9/h2-5H,1H3,(H2,13,14,15,16). The van der Waals surface area contributed by atoms with Gasteiger partial charge in [0, 0.05) is 6.20 Å². The molecule has 82 valence electrons. The number of H-pyrrole nitrogens is 1. The highest BCUT2D eigenvalue weighted by Gasteiger charge is 2.05. The van der Waals surface area contributed by atoms with Crippen LogP contribution in [0.3, 0.4) is 0 Å². The third-order valence-corrected chi connectivity index (χ3v) is 2.67. The molecule has 0 unspecified atom stereocenters. The van der Waals surface area contributed by atoms with Gasteiger partial charge in [0.2, 0.25) is 0 Å². The number of hydrogen-bond donors (Lipinski definition) is 2. The molecule has 2 aromatic rings. The molecule has 16 heavy (non-hydrogen) atoms. The molecule has 0 bridgehead atoms. The highest BCUT2D eigenvalue weighted by molar-refractivity contribution is 9.10. The quantitative estimate of drug-likeness (QED) is 0.883. The van der Waals surface area contributed by atoms with Gasteiger partial charge < -0.3 is 10.3 Å². The van der Waals surface area contributed by atoms with Gasteiger partial charge in [-0.15, -0.1) is 0 Å². The second-order valence-electron chi connectivity index (χ2n) is 3.27. The van der Waals surface area contributed by atoms with Crippen LogP contribution in [0.2, 0.25) is 0 Å². The maximum atomic E-state index is 11.3. The minimum absolute atomic E-state index is 0.224. The Bertz CT molecular complexity index is 567. The number of halogens is 1. The molecule has 0 aliphatic rings. The monoisotopic (exact) mass is 280 g/mol. The van der Waals surface area contributed by atoms with E-state index in [1.807, 2.05) is 13.0 Å². The molecular weight excluding hydrogens is 272 g/mol. The van der Waals surface area contributed by atoms with Gasteiger partial charge in [-0.3, -0.25) is 9.78 Å². The van der Waals surface area contributed by atoms with Crippen molar-refractivity contribution in [3.8, 4) is 0 Å². The van der Waals surface area contributed by atoms with E-state index in [0.29, 0.717) is 10.3 Å². The van der Waals surface area contributed by atoms with Gasteiger partial charge in [-0.05, 0) is 34.5 Å². The number of pyridine rings is 1. The van der Waals surface area contributed by atoms with Crippen molar-refractivity contribution in [3.05, 3.63) is 45.2 Å². The first-order valence-corrected chi connectivity index (χ1v) is 5.38. The van der Waals surface area contributed by atoms with Crippen LogP contribution in [-0.4, -0.2) is 15.0 Å². The second-order valence-corrected chi connectivity index (χ2v) is 4.06. The molecule has 5 nitrogen and oxygen atoms in total. The van der Waals surface area contributed by atoms with Crippen LogP contribution in [0, 0.1) is 6.92 Å². The molecule has 0 fully saturated rings. The number of aromatic amines is 1. The Hall–Kier alpha value is -1.69. The smallest absolute Gasteiger partial charge is 0.267 e. The molecule has 0 radical (unpaired) electrons. The highest BCUT2D eigenvalue weighted by Crippen LogP contribution is 2.19. The van der Waals surface area contributed by atoms with Crippen LogP contribution in [0.1, 0.15) is 5.56 Å². The van der Waals surface area contributed by atoms with E-state index >= 15 is 0 Å². The predicted octanol–water partition coefficient (Wildman–Crippen LogP) is 1.98. The molecule has 6 heteroatoms. The second kappa shape index (κ2) is 4.44. The lowest BCUT2D eigenvalue weighted by atomic mass is 10.3. The minimum Gasteiger partial charge on any atom is -0.338 e. The summed E-state index contributed by atoms with van der Waals surface area (Å²) >= 11 is 3.17. The van der Waals surface area contributed by atoms with Crippen molar-refractivity contribution in [3.63, 3.8) is 0 Å². The summed E-state index contributed by atoms with van der Waals surface area (Å²) in [7, 11) is 0. The molecule has 0 spiro atoms. The zero-order valence-electron chi connectivity index (χ0n) is 8.49. The van der Waals surface area contributed by atoms with Gasteiger partial charge in [0.25, 0.3) is 5.56 Å². The number of nitrogens with one attached hydrogen (secondary N) is 2. The number of aryl methyl sites for hydroxylation is 1. The Labute approximate surface area is 100 Å². The number of hydrogen-bond acceptors (Lipinski definition) is 4. The van der Waals surface area contributed by atoms with Crippen molar-refractivity contribution < 1.29 is 0 Å². The van der Waals surface area contributed by atoms with E-state index in [0.717, 1.165) is 11.3 Å². The largest absolute Gasteiger partial charge is 0.338 e. The molecule has 0 atom stereocenters. The first kappa shape index (κ1) is 10.8. The number of rotatable bonds is 2. The van der Waals surface area contributed by atoms with Gasteiger partial charge in [0.15, 0.2) is 5.82 Å². The van der Waals surface area contributed by atoms with E-state index in [9.17, 15) is 4.79 Å². The number of nitrogens with zero attached hydrogens (tertiary/aromatic N) is 2. The summed E-state index contributed by atoms with van der Waals surface area (Å²) in [6, 6.07) is 1.92. The maximum absolute atomic E-state index is 11.3. The SMILES string of the molecule is Cc1cncc(Nc2nc[nH]c(=O)c2Br)c1. The molecule has 2 aromatic heterocycles. The molecule has 2 N–H and O–H groups in total. The lowest BCUT2D eigenvalue weighted by Gasteiger charge is -2.06. The summed E-state index contributed by atoms with van der Waals surface area (Å²) in [5, 5.41) is 3.01. The van der Waals surface area contributed by atoms with Crippen molar-refractivity contribution in [1.82, 2.24) is 15.0 Å². The first-order valence-electron chi connectivity index (χ1n) is 4.58. The normalized spacial score (nSPS) is 10.1. The molecule has 0 aliphatic heterocycles. The molecular formula is C10H9BrN4O. The molecule has 2 heterocycles. The van der Waals surface area contributed by atoms with Crippen molar-refractivity contribution in [2.45, 2.75) is 6.92 Å². The van der Waals surface area contributed by atoms with E-state index < -0.39 is 0 Å². The predicted molar refractivity (Wildman–Crippen MR) is 64.8 cm³/mol. The molecule has 0 saturated heterocycles. The van der Waals surface area contributed by atoms with Gasteiger partial charge in [0.1, 0.15) is 4.47 Å². The van der Waals surface area contributed by atoms with Gasteiger partial charge in [-0.1, -0.05) is 0 Å². The third kappa shape index (κ3) is 2.27. The van der Waals surface area contributed by atoms with E-state index in [1.54, 1.807) is 12.4 Å². The summed E-state index contributed by atoms with van der Waals surface area (Å²) < 4.78 is 0.372. The van der Waals surface area contributed by atoms with Crippen LogP contribution in [0.15, 0.2) is 34.1 Å². The Morgan fingerprint density at radius 1 is 1.44 bits per heavy atom. The third-order valence-electron chi connectivity index (χ3n) is 1.93. The fourth-order valence-corrected chi connectivity index (χ4v) is 1.55. The number of anilines is 2. The summed E-state index contributed by atoms with van der Waals surface area (Å²) in [5.74, 6) is 0.469. The summed E-state index contributed by atoms with van der Waals surface area (Å²) in [5.41, 5.74) is 1.60. The zero-order valence-corrected chi connectivity index (χ0v) is 10.1. The van der Waals surface area contributed by atoms with Crippen molar-refractivity contribution >= 4 is 27.4 Å². The van der Waals surface area contributed by atoms with Crippen molar-refractivity contribution in [2.75, 3.05) is 5.32 Å². The average molecular weight is 281 g/mol. The fourth-order valence-electron chi connectivity index (χ4n) is 1.23. The fraction of sp³-hybridized carbons (Fsp3) is 0.100. The molecule has 0 amide bonds. The Kier molecular flexibility index (Phi) is 3.00. The van der Waals surface area contributed by atoms with Gasteiger partial charge in [-0.2, -0.15) is 0 Å². The van der Waals surface area contributed by atoms with Crippen LogP contribution in [-0.2, 0) is 0 Å². The molecule has 0 aliphatic carbocycles. The lowest BCUT2D eigenvalue weighted by Crippen LogP contribution is -2.10. The summed E-state index contributed by atoms with van der Waals surface area (Å²) in [4.78, 5) is 21.8. The first-order chi connectivity index (χ1) is 7.66. The zero-order chi connectivity index (χ0) is 11.5. The Morgan fingerprint density at radius 2 is 2.25 bits per heavy atom. The van der Waals surface area contributed by atoms with Crippen molar-refractivity contribution in [2.24, 2.45) is 0 Å². The van der Waals surface area contributed by atoms with Gasteiger partial charge >= 0.3 is 0 Å². The summed E-state index contributed by atoms with van der Waals surface area (Å²) in [6.07, 6.45) is 4.77. The van der Waals surface area contributed by atoms with Crippen LogP contribution >= 0.6 is 15.9 Å². The maximum Gasteiger partial charge on any atom is 0.267 e. The van der Waals surface area contributed by atoms with Gasteiger partial charge in [-0.25, -0.2) is 4.98 Å². The Balaban J connectivity index is 2.34. The van der Waals surface area contributed by atoms with E-state index in [-0.39, 0.29) is 5.56 Å². The molecule has 2 rings (SSSR count). The van der Waals surface area contributed by atoms with Crippen LogP contribution in [0.4, 0.5) is 11.5 Å². The van der Waals surface area contributed by atoms with Crippen molar-refractivity contribution in [1.29, 1.82) is 0 Å². The van der Waals surface area contributed by atoms with Gasteiger partial charge in [0.05, 0.1) is 18.2 Å². The van der Waals surface area contributed by atoms with Crippen LogP contribution in [0.5, 0.6) is 0 Å². The summed E-state index contributed by atoms with van der Waals surface area (Å²) in [6.45, 7) is 1.94. The molecule has 0 saturated carbocycles. The van der Waals surface area contributed by atoms with Crippen LogP contribution in [0.25, 0.3) is 0 Å². The molecule has 0 aromatic carbocycles. The lowest BCUT2D eigenvalue weighted by molar-refractivity contribution is 1.10. The van der Waals surface area contributed by atoms with Crippen LogP contribution < -0.4 is 10.9 Å².